The fourth-order valence-corrected chi connectivity index (χ4v) is 2.11. The Kier molecular flexibility index (Phi) is 5.99. The van der Waals surface area contributed by atoms with Gasteiger partial charge in [0.05, 0.1) is 19.3 Å². The van der Waals surface area contributed by atoms with Gasteiger partial charge in [0.15, 0.2) is 5.78 Å². The summed E-state index contributed by atoms with van der Waals surface area (Å²) in [5.74, 6) is 0.0559. The number of amides is 1. The number of carbonyl (C=O) groups excluding carboxylic acids is 2. The molecule has 1 amide bonds. The number of nitrogens with one attached hydrogen (secondary N) is 1. The molecular weight excluding hydrogens is 258 g/mol. The van der Waals surface area contributed by atoms with Gasteiger partial charge >= 0.3 is 6.09 Å². The van der Waals surface area contributed by atoms with E-state index in [2.05, 4.69) is 5.32 Å². The van der Waals surface area contributed by atoms with E-state index in [-0.39, 0.29) is 17.8 Å². The lowest BCUT2D eigenvalue weighted by atomic mass is 9.82. The Balaban J connectivity index is 2.57. The van der Waals surface area contributed by atoms with Crippen LogP contribution >= 0.6 is 0 Å². The van der Waals surface area contributed by atoms with E-state index < -0.39 is 17.6 Å². The van der Waals surface area contributed by atoms with Crippen LogP contribution in [0.2, 0.25) is 0 Å². The summed E-state index contributed by atoms with van der Waals surface area (Å²) in [4.78, 5) is 24.3. The third kappa shape index (κ3) is 5.12. The van der Waals surface area contributed by atoms with Crippen LogP contribution in [0.5, 0.6) is 0 Å². The highest BCUT2D eigenvalue weighted by atomic mass is 16.6. The van der Waals surface area contributed by atoms with Crippen molar-refractivity contribution >= 4 is 11.9 Å². The number of rotatable bonds is 4. The lowest BCUT2D eigenvalue weighted by Crippen LogP contribution is -2.49. The summed E-state index contributed by atoms with van der Waals surface area (Å²) in [6.07, 6.45) is 0.814. The number of carbonyl (C=O) groups is 2. The van der Waals surface area contributed by atoms with Gasteiger partial charge in [-0.05, 0) is 5.92 Å². The summed E-state index contributed by atoms with van der Waals surface area (Å²) < 4.78 is 10.6. The largest absolute Gasteiger partial charge is 0.446 e. The molecule has 0 aromatic carbocycles. The van der Waals surface area contributed by atoms with E-state index in [1.807, 2.05) is 34.6 Å². The van der Waals surface area contributed by atoms with Crippen LogP contribution in [-0.2, 0) is 14.3 Å². The van der Waals surface area contributed by atoms with E-state index in [0.29, 0.717) is 26.1 Å². The molecule has 0 unspecified atom stereocenters. The summed E-state index contributed by atoms with van der Waals surface area (Å²) in [5.41, 5.74) is -0.485. The molecule has 0 aromatic rings. The zero-order valence-corrected chi connectivity index (χ0v) is 13.2. The predicted molar refractivity (Wildman–Crippen MR) is 76.5 cm³/mol. The third-order valence-corrected chi connectivity index (χ3v) is 3.40. The predicted octanol–water partition coefficient (Wildman–Crippen LogP) is 2.53. The van der Waals surface area contributed by atoms with E-state index >= 15 is 0 Å². The molecule has 1 N–H and O–H groups in total. The van der Waals surface area contributed by atoms with Crippen LogP contribution in [0.1, 0.15) is 47.5 Å². The molecule has 1 atom stereocenters. The van der Waals surface area contributed by atoms with Gasteiger partial charge < -0.3 is 14.8 Å². The van der Waals surface area contributed by atoms with Gasteiger partial charge in [-0.3, -0.25) is 4.79 Å². The van der Waals surface area contributed by atoms with Crippen LogP contribution in [0.4, 0.5) is 4.79 Å². The Hall–Kier alpha value is -1.10. The van der Waals surface area contributed by atoms with Crippen molar-refractivity contribution in [2.45, 2.75) is 59.6 Å². The fraction of sp³-hybridized carbons (Fsp3) is 0.867. The van der Waals surface area contributed by atoms with E-state index in [9.17, 15) is 9.59 Å². The molecule has 1 aliphatic heterocycles. The Labute approximate surface area is 121 Å². The number of alkyl carbamates (subject to hydrolysis) is 1. The SMILES string of the molecule is CC(C)[C@H](NC(=O)OC1CCOCC1)C(=O)C(C)(C)C. The molecule has 1 saturated heterocycles. The number of hydrogen-bond acceptors (Lipinski definition) is 4. The minimum Gasteiger partial charge on any atom is -0.446 e. The molecule has 5 nitrogen and oxygen atoms in total. The Morgan fingerprint density at radius 1 is 1.20 bits per heavy atom. The highest BCUT2D eigenvalue weighted by Crippen LogP contribution is 2.20. The monoisotopic (exact) mass is 285 g/mol. The van der Waals surface area contributed by atoms with Gasteiger partial charge in [-0.2, -0.15) is 0 Å². The van der Waals surface area contributed by atoms with Crippen molar-refractivity contribution < 1.29 is 19.1 Å². The second-order valence-corrected chi connectivity index (χ2v) is 6.70. The zero-order valence-electron chi connectivity index (χ0n) is 13.2. The summed E-state index contributed by atoms with van der Waals surface area (Å²) in [6, 6.07) is -0.512. The van der Waals surface area contributed by atoms with Gasteiger partial charge in [0.1, 0.15) is 6.10 Å². The number of hydrogen-bond donors (Lipinski definition) is 1. The first-order chi connectivity index (χ1) is 9.21. The Morgan fingerprint density at radius 2 is 1.75 bits per heavy atom. The van der Waals surface area contributed by atoms with Crippen LogP contribution in [0.15, 0.2) is 0 Å². The van der Waals surface area contributed by atoms with Gasteiger partial charge in [0.25, 0.3) is 0 Å². The fourth-order valence-electron chi connectivity index (χ4n) is 2.11. The van der Waals surface area contributed by atoms with Crippen LogP contribution in [0, 0.1) is 11.3 Å². The summed E-state index contributed by atoms with van der Waals surface area (Å²) in [7, 11) is 0. The second-order valence-electron chi connectivity index (χ2n) is 6.70. The molecule has 20 heavy (non-hydrogen) atoms. The van der Waals surface area contributed by atoms with Crippen molar-refractivity contribution in [3.63, 3.8) is 0 Å². The average Bonchev–Trinajstić information content (AvgIpc) is 2.35. The lowest BCUT2D eigenvalue weighted by molar-refractivity contribution is -0.129. The number of ketones is 1. The minimum atomic E-state index is -0.512. The maximum absolute atomic E-state index is 12.3. The molecule has 1 heterocycles. The van der Waals surface area contributed by atoms with Crippen molar-refractivity contribution in [3.05, 3.63) is 0 Å². The number of ether oxygens (including phenoxy) is 2. The van der Waals surface area contributed by atoms with Crippen molar-refractivity contribution in [2.75, 3.05) is 13.2 Å². The first-order valence-corrected chi connectivity index (χ1v) is 7.31. The van der Waals surface area contributed by atoms with Gasteiger partial charge in [-0.15, -0.1) is 0 Å². The molecule has 1 rings (SSSR count). The average molecular weight is 285 g/mol. The van der Waals surface area contributed by atoms with Crippen molar-refractivity contribution in [1.82, 2.24) is 5.32 Å². The molecule has 5 heteroatoms. The molecule has 0 spiro atoms. The van der Waals surface area contributed by atoms with E-state index in [0.717, 1.165) is 0 Å². The molecular formula is C15H27NO4. The summed E-state index contributed by atoms with van der Waals surface area (Å²) >= 11 is 0. The highest BCUT2D eigenvalue weighted by Gasteiger charge is 2.33. The number of Topliss-reactive ketones (excluding diaryl/α,β-unsaturated/α-hetero) is 1. The topological polar surface area (TPSA) is 64.6 Å². The Bertz CT molecular complexity index is 340. The van der Waals surface area contributed by atoms with Gasteiger partial charge in [0.2, 0.25) is 0 Å². The van der Waals surface area contributed by atoms with Gasteiger partial charge in [0, 0.05) is 18.3 Å². The minimum absolute atomic E-state index is 0.0245. The van der Waals surface area contributed by atoms with Crippen molar-refractivity contribution in [3.8, 4) is 0 Å². The van der Waals surface area contributed by atoms with Crippen molar-refractivity contribution in [2.24, 2.45) is 11.3 Å². The van der Waals surface area contributed by atoms with Crippen LogP contribution in [0.25, 0.3) is 0 Å². The standard InChI is InChI=1S/C15H27NO4/c1-10(2)12(13(17)15(3,4)5)16-14(18)20-11-6-8-19-9-7-11/h10-12H,6-9H2,1-5H3,(H,16,18)/t12-/m0/s1. The third-order valence-electron chi connectivity index (χ3n) is 3.40. The van der Waals surface area contributed by atoms with Crippen molar-refractivity contribution in [1.29, 1.82) is 0 Å². The molecule has 0 aromatic heterocycles. The van der Waals surface area contributed by atoms with Crippen LogP contribution in [0.3, 0.4) is 0 Å². The lowest BCUT2D eigenvalue weighted by Gasteiger charge is -2.29. The highest BCUT2D eigenvalue weighted by molar-refractivity contribution is 5.91. The van der Waals surface area contributed by atoms with E-state index in [1.165, 1.54) is 0 Å². The quantitative estimate of drug-likeness (QED) is 0.862. The van der Waals surface area contributed by atoms with E-state index in [4.69, 9.17) is 9.47 Å². The van der Waals surface area contributed by atoms with Crippen LogP contribution < -0.4 is 5.32 Å². The zero-order chi connectivity index (χ0) is 15.3. The first kappa shape index (κ1) is 17.0. The molecule has 0 bridgehead atoms. The van der Waals surface area contributed by atoms with Gasteiger partial charge in [-0.1, -0.05) is 34.6 Å². The molecule has 1 fully saturated rings. The maximum atomic E-state index is 12.3. The van der Waals surface area contributed by atoms with E-state index in [1.54, 1.807) is 0 Å². The summed E-state index contributed by atoms with van der Waals surface area (Å²) in [6.45, 7) is 10.6. The molecule has 116 valence electrons. The molecule has 1 aliphatic rings. The van der Waals surface area contributed by atoms with Crippen LogP contribution in [-0.4, -0.2) is 37.2 Å². The molecule has 0 saturated carbocycles. The van der Waals surface area contributed by atoms with Gasteiger partial charge in [-0.25, -0.2) is 4.79 Å². The Morgan fingerprint density at radius 3 is 2.20 bits per heavy atom. The normalized spacial score (nSPS) is 18.7. The smallest absolute Gasteiger partial charge is 0.408 e. The first-order valence-electron chi connectivity index (χ1n) is 7.31. The maximum Gasteiger partial charge on any atom is 0.408 e. The second kappa shape index (κ2) is 7.07. The molecule has 0 radical (unpaired) electrons. The molecule has 0 aliphatic carbocycles. The summed E-state index contributed by atoms with van der Waals surface area (Å²) in [5, 5.41) is 2.72.